The van der Waals surface area contributed by atoms with Crippen molar-refractivity contribution in [1.82, 2.24) is 10.3 Å². The zero-order valence-electron chi connectivity index (χ0n) is 9.72. The zero-order chi connectivity index (χ0) is 12.1. The van der Waals surface area contributed by atoms with Crippen LogP contribution in [-0.2, 0) is 11.3 Å². The number of pyridine rings is 1. The molecular weight excluding hydrogens is 220 g/mol. The van der Waals surface area contributed by atoms with Gasteiger partial charge in [-0.25, -0.2) is 0 Å². The lowest BCUT2D eigenvalue weighted by Crippen LogP contribution is -2.51. The average molecular weight is 238 g/mol. The summed E-state index contributed by atoms with van der Waals surface area (Å²) in [6, 6.07) is 3.38. The predicted octanol–water partition coefficient (Wildman–Crippen LogP) is 0.418. The predicted molar refractivity (Wildman–Crippen MR) is 62.6 cm³/mol. The fourth-order valence-electron chi connectivity index (χ4n) is 1.95. The number of nitrogens with zero attached hydrogens (tertiary/aromatic N) is 1. The Hall–Kier alpha value is -1.17. The van der Waals surface area contributed by atoms with Crippen molar-refractivity contribution in [2.45, 2.75) is 24.9 Å². The minimum Gasteiger partial charge on any atom is -0.506 e. The average Bonchev–Trinajstić information content (AvgIpc) is 2.39. The largest absolute Gasteiger partial charge is 0.506 e. The molecule has 2 rings (SSSR count). The molecule has 0 bridgehead atoms. The Labute approximate surface area is 100 Å². The minimum atomic E-state index is -0.252. The Bertz CT molecular complexity index is 347. The second kappa shape index (κ2) is 5.44. The summed E-state index contributed by atoms with van der Waals surface area (Å²) in [4.78, 5) is 4.10. The van der Waals surface area contributed by atoms with Crippen LogP contribution in [0.15, 0.2) is 18.3 Å². The number of aliphatic hydroxyl groups excluding tert-OH is 1. The summed E-state index contributed by atoms with van der Waals surface area (Å²) in [6.45, 7) is 2.04. The van der Waals surface area contributed by atoms with Gasteiger partial charge in [-0.3, -0.25) is 4.98 Å². The van der Waals surface area contributed by atoms with Gasteiger partial charge in [-0.05, 0) is 25.0 Å². The molecule has 0 unspecified atom stereocenters. The second-order valence-corrected chi connectivity index (χ2v) is 4.41. The first-order valence-electron chi connectivity index (χ1n) is 5.82. The molecule has 2 heterocycles. The van der Waals surface area contributed by atoms with Crippen LogP contribution in [0.3, 0.4) is 0 Å². The first-order chi connectivity index (χ1) is 8.24. The first-order valence-corrected chi connectivity index (χ1v) is 5.82. The standard InChI is InChI=1S/C12H18N2O3/c15-9-12(3-5-17-6-4-12)14-7-10-1-2-11(16)8-13-10/h1-2,8,14-16H,3-7,9H2. The van der Waals surface area contributed by atoms with Crippen molar-refractivity contribution in [1.29, 1.82) is 0 Å². The number of aromatic hydroxyl groups is 1. The van der Waals surface area contributed by atoms with Crippen LogP contribution in [0.25, 0.3) is 0 Å². The number of nitrogens with one attached hydrogen (secondary N) is 1. The second-order valence-electron chi connectivity index (χ2n) is 4.41. The van der Waals surface area contributed by atoms with E-state index in [1.807, 2.05) is 0 Å². The molecule has 5 heteroatoms. The van der Waals surface area contributed by atoms with Crippen LogP contribution < -0.4 is 5.32 Å². The van der Waals surface area contributed by atoms with E-state index in [2.05, 4.69) is 10.3 Å². The highest BCUT2D eigenvalue weighted by molar-refractivity contribution is 5.18. The van der Waals surface area contributed by atoms with Crippen LogP contribution in [0, 0.1) is 0 Å². The summed E-state index contributed by atoms with van der Waals surface area (Å²) in [7, 11) is 0. The van der Waals surface area contributed by atoms with Crippen molar-refractivity contribution < 1.29 is 14.9 Å². The maximum absolute atomic E-state index is 9.49. The Balaban J connectivity index is 1.93. The molecule has 0 aliphatic carbocycles. The molecule has 5 nitrogen and oxygen atoms in total. The van der Waals surface area contributed by atoms with E-state index in [1.54, 1.807) is 12.1 Å². The molecule has 17 heavy (non-hydrogen) atoms. The van der Waals surface area contributed by atoms with Crippen molar-refractivity contribution in [2.75, 3.05) is 19.8 Å². The van der Waals surface area contributed by atoms with E-state index in [1.165, 1.54) is 6.20 Å². The number of hydrogen-bond donors (Lipinski definition) is 3. The van der Waals surface area contributed by atoms with Gasteiger partial charge in [-0.15, -0.1) is 0 Å². The molecule has 1 saturated heterocycles. The van der Waals surface area contributed by atoms with Gasteiger partial charge in [0.15, 0.2) is 0 Å². The highest BCUT2D eigenvalue weighted by Gasteiger charge is 2.31. The molecule has 94 valence electrons. The molecule has 1 fully saturated rings. The summed E-state index contributed by atoms with van der Waals surface area (Å²) < 4.78 is 5.29. The van der Waals surface area contributed by atoms with Crippen molar-refractivity contribution in [3.05, 3.63) is 24.0 Å². The molecule has 0 atom stereocenters. The highest BCUT2D eigenvalue weighted by atomic mass is 16.5. The van der Waals surface area contributed by atoms with Crippen molar-refractivity contribution in [3.8, 4) is 5.75 Å². The highest BCUT2D eigenvalue weighted by Crippen LogP contribution is 2.20. The Kier molecular flexibility index (Phi) is 3.93. The molecule has 0 amide bonds. The van der Waals surface area contributed by atoms with Crippen molar-refractivity contribution in [3.63, 3.8) is 0 Å². The first kappa shape index (κ1) is 12.3. The number of ether oxygens (including phenoxy) is 1. The van der Waals surface area contributed by atoms with Gasteiger partial charge in [-0.2, -0.15) is 0 Å². The van der Waals surface area contributed by atoms with Gasteiger partial charge in [0.25, 0.3) is 0 Å². The van der Waals surface area contributed by atoms with Crippen LogP contribution in [-0.4, -0.2) is 40.6 Å². The quantitative estimate of drug-likeness (QED) is 0.709. The molecule has 1 aromatic heterocycles. The van der Waals surface area contributed by atoms with Crippen LogP contribution in [0.1, 0.15) is 18.5 Å². The van der Waals surface area contributed by atoms with Crippen molar-refractivity contribution >= 4 is 0 Å². The lowest BCUT2D eigenvalue weighted by molar-refractivity contribution is 0.0110. The van der Waals surface area contributed by atoms with Crippen LogP contribution in [0.2, 0.25) is 0 Å². The van der Waals surface area contributed by atoms with E-state index in [4.69, 9.17) is 9.84 Å². The zero-order valence-corrected chi connectivity index (χ0v) is 9.72. The monoisotopic (exact) mass is 238 g/mol. The van der Waals surface area contributed by atoms with E-state index in [-0.39, 0.29) is 17.9 Å². The molecule has 0 saturated carbocycles. The Morgan fingerprint density at radius 3 is 2.71 bits per heavy atom. The number of hydrogen-bond acceptors (Lipinski definition) is 5. The van der Waals surface area contributed by atoms with Gasteiger partial charge < -0.3 is 20.3 Å². The third kappa shape index (κ3) is 3.15. The minimum absolute atomic E-state index is 0.106. The van der Waals surface area contributed by atoms with E-state index >= 15 is 0 Å². The smallest absolute Gasteiger partial charge is 0.133 e. The van der Waals surface area contributed by atoms with Gasteiger partial charge in [0.05, 0.1) is 18.5 Å². The molecule has 0 spiro atoms. The fourth-order valence-corrected chi connectivity index (χ4v) is 1.95. The van der Waals surface area contributed by atoms with Gasteiger partial charge in [0.1, 0.15) is 5.75 Å². The maximum Gasteiger partial charge on any atom is 0.133 e. The Morgan fingerprint density at radius 1 is 1.35 bits per heavy atom. The van der Waals surface area contributed by atoms with Gasteiger partial charge >= 0.3 is 0 Å². The van der Waals surface area contributed by atoms with Crippen LogP contribution >= 0.6 is 0 Å². The van der Waals surface area contributed by atoms with Crippen molar-refractivity contribution in [2.24, 2.45) is 0 Å². The SMILES string of the molecule is OCC1(NCc2ccc(O)cn2)CCOCC1. The summed E-state index contributed by atoms with van der Waals surface area (Å²) in [5.41, 5.74) is 0.597. The van der Waals surface area contributed by atoms with Crippen LogP contribution in [0.4, 0.5) is 0 Å². The maximum atomic E-state index is 9.49. The van der Waals surface area contributed by atoms with Gasteiger partial charge in [0, 0.05) is 25.3 Å². The summed E-state index contributed by atoms with van der Waals surface area (Å²) >= 11 is 0. The molecule has 1 aromatic rings. The summed E-state index contributed by atoms with van der Waals surface area (Å²) in [5.74, 6) is 0.164. The normalized spacial score (nSPS) is 19.1. The number of aliphatic hydroxyl groups is 1. The van der Waals surface area contributed by atoms with E-state index in [0.29, 0.717) is 19.8 Å². The molecule has 1 aliphatic rings. The Morgan fingerprint density at radius 2 is 2.12 bits per heavy atom. The lowest BCUT2D eigenvalue weighted by atomic mass is 9.91. The van der Waals surface area contributed by atoms with E-state index < -0.39 is 0 Å². The fraction of sp³-hybridized carbons (Fsp3) is 0.583. The summed E-state index contributed by atoms with van der Waals surface area (Å²) in [6.07, 6.45) is 3.04. The van der Waals surface area contributed by atoms with Gasteiger partial charge in [-0.1, -0.05) is 0 Å². The third-order valence-corrected chi connectivity index (χ3v) is 3.21. The number of rotatable bonds is 4. The topological polar surface area (TPSA) is 74.6 Å². The molecule has 3 N–H and O–H groups in total. The van der Waals surface area contributed by atoms with E-state index in [9.17, 15) is 5.11 Å². The molecule has 0 radical (unpaired) electrons. The van der Waals surface area contributed by atoms with E-state index in [0.717, 1.165) is 18.5 Å². The van der Waals surface area contributed by atoms with Gasteiger partial charge in [0.2, 0.25) is 0 Å². The molecular formula is C12H18N2O3. The summed E-state index contributed by atoms with van der Waals surface area (Å²) in [5, 5.41) is 22.0. The number of aromatic nitrogens is 1. The molecule has 1 aliphatic heterocycles. The third-order valence-electron chi connectivity index (χ3n) is 3.21. The lowest BCUT2D eigenvalue weighted by Gasteiger charge is -2.36. The van der Waals surface area contributed by atoms with Crippen LogP contribution in [0.5, 0.6) is 5.75 Å². The molecule has 0 aromatic carbocycles.